The van der Waals surface area contributed by atoms with Crippen LogP contribution in [0.25, 0.3) is 0 Å². The maximum absolute atomic E-state index is 9.41. The highest BCUT2D eigenvalue weighted by molar-refractivity contribution is 6.34. The topological polar surface area (TPSA) is 20.2 Å². The number of phenolic OH excluding ortho intramolecular Hbond substituents is 1. The lowest BCUT2D eigenvalue weighted by Gasteiger charge is -2.01. The van der Waals surface area contributed by atoms with E-state index in [4.69, 9.17) is 0 Å². The molecular formula is C10H14OSi. The summed E-state index contributed by atoms with van der Waals surface area (Å²) in [5, 5.41) is 9.41. The molecule has 1 aromatic rings. The Balaban J connectivity index is 2.46. The van der Waals surface area contributed by atoms with E-state index in [2.05, 4.69) is 6.92 Å². The van der Waals surface area contributed by atoms with Crippen LogP contribution in [-0.2, 0) is 6.04 Å². The molecule has 0 saturated carbocycles. The van der Waals surface area contributed by atoms with Crippen LogP contribution in [0.15, 0.2) is 24.3 Å². The fourth-order valence-corrected chi connectivity index (χ4v) is 2.16. The maximum Gasteiger partial charge on any atom is 0.118 e. The average molecular weight is 178 g/mol. The van der Waals surface area contributed by atoms with E-state index in [0.717, 1.165) is 21.1 Å². The van der Waals surface area contributed by atoms with Gasteiger partial charge in [0.15, 0.2) is 0 Å². The lowest BCUT2D eigenvalue weighted by atomic mass is 10.2. The summed E-state index contributed by atoms with van der Waals surface area (Å²) in [6.45, 7) is 2.19. The molecule has 1 N–H and O–H groups in total. The zero-order chi connectivity index (χ0) is 8.81. The number of para-hydroxylation sites is 1. The van der Waals surface area contributed by atoms with Crippen molar-refractivity contribution in [3.8, 4) is 5.75 Å². The zero-order valence-electron chi connectivity index (χ0n) is 7.38. The number of phenols is 1. The van der Waals surface area contributed by atoms with Gasteiger partial charge in [0.05, 0.1) is 0 Å². The van der Waals surface area contributed by atoms with Gasteiger partial charge in [-0.3, -0.25) is 0 Å². The van der Waals surface area contributed by atoms with Gasteiger partial charge in [-0.15, -0.1) is 0 Å². The van der Waals surface area contributed by atoms with E-state index in [1.54, 1.807) is 6.07 Å². The molecule has 0 aliphatic rings. The van der Waals surface area contributed by atoms with Crippen LogP contribution in [0.5, 0.6) is 5.75 Å². The highest BCUT2D eigenvalue weighted by Gasteiger charge is 1.98. The lowest BCUT2D eigenvalue weighted by Crippen LogP contribution is -1.95. The first-order valence-corrected chi connectivity index (χ1v) is 5.73. The first-order valence-electron chi connectivity index (χ1n) is 4.32. The standard InChI is InChI=1S/C10H14OSi/c1-2-7-12-8-9-5-3-4-6-10(9)11/h3-6,11H,2,7-8H2,1H3. The minimum absolute atomic E-state index is 0.445. The summed E-state index contributed by atoms with van der Waals surface area (Å²) in [5.74, 6) is 0.445. The quantitative estimate of drug-likeness (QED) is 0.554. The van der Waals surface area contributed by atoms with E-state index in [1.807, 2.05) is 18.2 Å². The van der Waals surface area contributed by atoms with Crippen LogP contribution >= 0.6 is 0 Å². The molecule has 0 aromatic heterocycles. The highest BCUT2D eigenvalue weighted by atomic mass is 28.2. The average Bonchev–Trinajstić information content (AvgIpc) is 2.09. The Kier molecular flexibility index (Phi) is 3.87. The van der Waals surface area contributed by atoms with E-state index >= 15 is 0 Å². The van der Waals surface area contributed by atoms with Crippen molar-refractivity contribution >= 4 is 9.52 Å². The number of hydrogen-bond acceptors (Lipinski definition) is 1. The Morgan fingerprint density at radius 3 is 2.75 bits per heavy atom. The Labute approximate surface area is 76.3 Å². The van der Waals surface area contributed by atoms with E-state index in [9.17, 15) is 5.11 Å². The third-order valence-electron chi connectivity index (χ3n) is 1.73. The SMILES string of the molecule is CCC[Si]Cc1ccccc1O. The van der Waals surface area contributed by atoms with Gasteiger partial charge in [0.1, 0.15) is 5.75 Å². The molecule has 0 aliphatic carbocycles. The van der Waals surface area contributed by atoms with Gasteiger partial charge in [-0.25, -0.2) is 0 Å². The molecule has 64 valence electrons. The van der Waals surface area contributed by atoms with Crippen molar-refractivity contribution in [2.45, 2.75) is 25.4 Å². The molecule has 2 radical (unpaired) electrons. The number of benzene rings is 1. The summed E-state index contributed by atoms with van der Waals surface area (Å²) >= 11 is 0. The summed E-state index contributed by atoms with van der Waals surface area (Å²) in [6, 6.07) is 9.89. The van der Waals surface area contributed by atoms with Gasteiger partial charge in [0.25, 0.3) is 0 Å². The van der Waals surface area contributed by atoms with Gasteiger partial charge in [-0.2, -0.15) is 0 Å². The van der Waals surface area contributed by atoms with Crippen molar-refractivity contribution in [3.05, 3.63) is 29.8 Å². The fourth-order valence-electron chi connectivity index (χ4n) is 1.06. The molecule has 1 nitrogen and oxygen atoms in total. The molecule has 0 amide bonds. The van der Waals surface area contributed by atoms with Crippen LogP contribution in [-0.4, -0.2) is 14.6 Å². The van der Waals surface area contributed by atoms with Crippen molar-refractivity contribution in [3.63, 3.8) is 0 Å². The Hall–Kier alpha value is -0.763. The summed E-state index contributed by atoms with van der Waals surface area (Å²) < 4.78 is 0. The van der Waals surface area contributed by atoms with Gasteiger partial charge in [-0.1, -0.05) is 37.6 Å². The van der Waals surface area contributed by atoms with Crippen molar-refractivity contribution < 1.29 is 5.11 Å². The molecule has 0 aliphatic heterocycles. The molecular weight excluding hydrogens is 164 g/mol. The molecule has 1 rings (SSSR count). The van der Waals surface area contributed by atoms with Crippen LogP contribution in [0.2, 0.25) is 6.04 Å². The van der Waals surface area contributed by atoms with Gasteiger partial charge in [-0.05, 0) is 17.7 Å². The Bertz CT molecular complexity index is 235. The Morgan fingerprint density at radius 2 is 2.08 bits per heavy atom. The van der Waals surface area contributed by atoms with Gasteiger partial charge < -0.3 is 5.11 Å². The molecule has 2 heteroatoms. The lowest BCUT2D eigenvalue weighted by molar-refractivity contribution is 0.470. The predicted octanol–water partition coefficient (Wildman–Crippen LogP) is 2.42. The van der Waals surface area contributed by atoms with Crippen LogP contribution in [0.3, 0.4) is 0 Å². The summed E-state index contributed by atoms with van der Waals surface area (Å²) in [7, 11) is 0.946. The molecule has 12 heavy (non-hydrogen) atoms. The van der Waals surface area contributed by atoms with Crippen LogP contribution < -0.4 is 0 Å². The van der Waals surface area contributed by atoms with E-state index < -0.39 is 0 Å². The second-order valence-corrected chi connectivity index (χ2v) is 4.16. The molecule has 1 aromatic carbocycles. The fraction of sp³-hybridized carbons (Fsp3) is 0.400. The molecule has 0 fully saturated rings. The molecule has 0 unspecified atom stereocenters. The molecule has 0 heterocycles. The first-order chi connectivity index (χ1) is 5.84. The minimum atomic E-state index is 0.445. The number of rotatable bonds is 4. The Morgan fingerprint density at radius 1 is 1.33 bits per heavy atom. The zero-order valence-corrected chi connectivity index (χ0v) is 8.38. The second kappa shape index (κ2) is 4.98. The van der Waals surface area contributed by atoms with Crippen LogP contribution in [0, 0.1) is 0 Å². The van der Waals surface area contributed by atoms with Crippen LogP contribution in [0.4, 0.5) is 0 Å². The highest BCUT2D eigenvalue weighted by Crippen LogP contribution is 2.15. The van der Waals surface area contributed by atoms with E-state index in [-0.39, 0.29) is 0 Å². The minimum Gasteiger partial charge on any atom is -0.508 e. The van der Waals surface area contributed by atoms with Crippen molar-refractivity contribution in [1.82, 2.24) is 0 Å². The summed E-state index contributed by atoms with van der Waals surface area (Å²) in [6.07, 6.45) is 1.24. The first kappa shape index (κ1) is 9.33. The molecule has 0 saturated heterocycles. The van der Waals surface area contributed by atoms with E-state index in [1.165, 1.54) is 12.5 Å². The van der Waals surface area contributed by atoms with Crippen molar-refractivity contribution in [2.24, 2.45) is 0 Å². The summed E-state index contributed by atoms with van der Waals surface area (Å²) in [5.41, 5.74) is 1.09. The number of hydrogen-bond donors (Lipinski definition) is 1. The van der Waals surface area contributed by atoms with Crippen molar-refractivity contribution in [1.29, 1.82) is 0 Å². The van der Waals surface area contributed by atoms with Crippen LogP contribution in [0.1, 0.15) is 18.9 Å². The van der Waals surface area contributed by atoms with E-state index in [0.29, 0.717) is 5.75 Å². The second-order valence-electron chi connectivity index (χ2n) is 2.81. The van der Waals surface area contributed by atoms with Gasteiger partial charge in [0, 0.05) is 9.52 Å². The monoisotopic (exact) mass is 178 g/mol. The smallest absolute Gasteiger partial charge is 0.118 e. The molecule has 0 spiro atoms. The maximum atomic E-state index is 9.41. The van der Waals surface area contributed by atoms with Crippen molar-refractivity contribution in [2.75, 3.05) is 0 Å². The largest absolute Gasteiger partial charge is 0.508 e. The van der Waals surface area contributed by atoms with Gasteiger partial charge in [0.2, 0.25) is 0 Å². The normalized spacial score (nSPS) is 10.1. The molecule has 0 bridgehead atoms. The predicted molar refractivity (Wildman–Crippen MR) is 52.7 cm³/mol. The van der Waals surface area contributed by atoms with Gasteiger partial charge >= 0.3 is 0 Å². The molecule has 0 atom stereocenters. The third kappa shape index (κ3) is 2.70. The third-order valence-corrected chi connectivity index (χ3v) is 3.22. The number of aromatic hydroxyl groups is 1. The summed E-state index contributed by atoms with van der Waals surface area (Å²) in [4.78, 5) is 0.